The second-order valence-corrected chi connectivity index (χ2v) is 3.19. The van der Waals surface area contributed by atoms with E-state index in [4.69, 9.17) is 5.73 Å². The molecular formula is C10H17N3. The molecule has 0 saturated heterocycles. The topological polar surface area (TPSA) is 43.8 Å². The van der Waals surface area contributed by atoms with Gasteiger partial charge in [0, 0.05) is 12.2 Å². The van der Waals surface area contributed by atoms with Gasteiger partial charge in [0.2, 0.25) is 0 Å². The molecule has 0 unspecified atom stereocenters. The van der Waals surface area contributed by atoms with Gasteiger partial charge < -0.3 is 5.73 Å². The predicted octanol–water partition coefficient (Wildman–Crippen LogP) is 1.32. The van der Waals surface area contributed by atoms with Gasteiger partial charge in [-0.1, -0.05) is 12.2 Å². The minimum atomic E-state index is 0.596. The van der Waals surface area contributed by atoms with Gasteiger partial charge in [-0.2, -0.15) is 5.10 Å². The molecule has 72 valence electrons. The summed E-state index contributed by atoms with van der Waals surface area (Å²) in [6, 6.07) is 0. The fraction of sp³-hybridized carbons (Fsp3) is 0.500. The molecule has 1 aromatic heterocycles. The van der Waals surface area contributed by atoms with Crippen LogP contribution >= 0.6 is 0 Å². The highest BCUT2D eigenvalue weighted by atomic mass is 15.3. The van der Waals surface area contributed by atoms with E-state index < -0.39 is 0 Å². The van der Waals surface area contributed by atoms with Crippen LogP contribution in [0.15, 0.2) is 12.2 Å². The van der Waals surface area contributed by atoms with Crippen LogP contribution in [0.2, 0.25) is 0 Å². The molecular weight excluding hydrogens is 162 g/mol. The summed E-state index contributed by atoms with van der Waals surface area (Å²) in [6.45, 7) is 7.63. The number of nitrogens with zero attached hydrogens (tertiary/aromatic N) is 2. The highest BCUT2D eigenvalue weighted by Crippen LogP contribution is 2.10. The van der Waals surface area contributed by atoms with Crippen LogP contribution in [0.1, 0.15) is 17.0 Å². The molecule has 0 amide bonds. The van der Waals surface area contributed by atoms with Crippen molar-refractivity contribution in [2.24, 2.45) is 5.73 Å². The normalized spacial score (nSPS) is 11.4. The van der Waals surface area contributed by atoms with Crippen molar-refractivity contribution in [2.75, 3.05) is 6.54 Å². The zero-order valence-corrected chi connectivity index (χ0v) is 8.54. The molecule has 1 aromatic rings. The van der Waals surface area contributed by atoms with Gasteiger partial charge in [0.15, 0.2) is 0 Å². The Bertz CT molecular complexity index is 310. The molecule has 0 bridgehead atoms. The third-order valence-corrected chi connectivity index (χ3v) is 2.32. The summed E-state index contributed by atoms with van der Waals surface area (Å²) in [6.07, 6.45) is 3.99. The Morgan fingerprint density at radius 3 is 2.46 bits per heavy atom. The summed E-state index contributed by atoms with van der Waals surface area (Å²) in [5, 5.41) is 4.41. The minimum Gasteiger partial charge on any atom is -0.327 e. The van der Waals surface area contributed by atoms with Crippen LogP contribution in [-0.2, 0) is 6.54 Å². The van der Waals surface area contributed by atoms with Crippen molar-refractivity contribution >= 4 is 0 Å². The highest BCUT2D eigenvalue weighted by molar-refractivity contribution is 5.22. The van der Waals surface area contributed by atoms with Crippen LogP contribution in [0.5, 0.6) is 0 Å². The Morgan fingerprint density at radius 1 is 1.31 bits per heavy atom. The largest absolute Gasteiger partial charge is 0.327 e. The molecule has 3 nitrogen and oxygen atoms in total. The maximum Gasteiger partial charge on any atom is 0.0625 e. The fourth-order valence-electron chi connectivity index (χ4n) is 1.23. The first kappa shape index (κ1) is 9.99. The molecule has 13 heavy (non-hydrogen) atoms. The molecule has 0 aliphatic rings. The molecule has 2 N–H and O–H groups in total. The first-order valence-electron chi connectivity index (χ1n) is 4.52. The molecule has 0 spiro atoms. The summed E-state index contributed by atoms with van der Waals surface area (Å²) >= 11 is 0. The molecule has 0 radical (unpaired) electrons. The van der Waals surface area contributed by atoms with Crippen molar-refractivity contribution < 1.29 is 0 Å². The summed E-state index contributed by atoms with van der Waals surface area (Å²) in [7, 11) is 0. The number of allylic oxidation sites excluding steroid dienone is 1. The van der Waals surface area contributed by atoms with Crippen LogP contribution in [0.4, 0.5) is 0 Å². The highest BCUT2D eigenvalue weighted by Gasteiger charge is 2.04. The molecule has 1 rings (SSSR count). The van der Waals surface area contributed by atoms with E-state index in [2.05, 4.69) is 18.9 Å². The fourth-order valence-corrected chi connectivity index (χ4v) is 1.23. The minimum absolute atomic E-state index is 0.596. The van der Waals surface area contributed by atoms with Gasteiger partial charge in [-0.05, 0) is 26.3 Å². The Labute approximate surface area is 79.2 Å². The van der Waals surface area contributed by atoms with E-state index in [9.17, 15) is 0 Å². The van der Waals surface area contributed by atoms with Gasteiger partial charge in [0.1, 0.15) is 0 Å². The Morgan fingerprint density at radius 2 is 2.00 bits per heavy atom. The van der Waals surface area contributed by atoms with Crippen LogP contribution in [0.3, 0.4) is 0 Å². The van der Waals surface area contributed by atoms with E-state index in [-0.39, 0.29) is 0 Å². The number of rotatable bonds is 3. The van der Waals surface area contributed by atoms with E-state index in [1.54, 1.807) is 0 Å². The van der Waals surface area contributed by atoms with Crippen LogP contribution in [0.25, 0.3) is 0 Å². The van der Waals surface area contributed by atoms with Gasteiger partial charge in [0.05, 0.1) is 12.2 Å². The average Bonchev–Trinajstić information content (AvgIpc) is 2.34. The smallest absolute Gasteiger partial charge is 0.0625 e. The average molecular weight is 179 g/mol. The molecule has 0 aliphatic heterocycles. The van der Waals surface area contributed by atoms with E-state index in [1.165, 1.54) is 11.3 Å². The van der Waals surface area contributed by atoms with Crippen molar-refractivity contribution in [3.8, 4) is 0 Å². The summed E-state index contributed by atoms with van der Waals surface area (Å²) in [5.41, 5.74) is 8.97. The molecule has 1 heterocycles. The zero-order chi connectivity index (χ0) is 9.84. The van der Waals surface area contributed by atoms with E-state index in [0.29, 0.717) is 6.54 Å². The van der Waals surface area contributed by atoms with Gasteiger partial charge in [-0.25, -0.2) is 0 Å². The van der Waals surface area contributed by atoms with Crippen LogP contribution in [-0.4, -0.2) is 16.3 Å². The SMILES string of the molecule is Cc1nn(CC=CCN)c(C)c1C. The summed E-state index contributed by atoms with van der Waals surface area (Å²) < 4.78 is 2.00. The lowest BCUT2D eigenvalue weighted by molar-refractivity contribution is 0.671. The van der Waals surface area contributed by atoms with Crippen molar-refractivity contribution in [1.29, 1.82) is 0 Å². The zero-order valence-electron chi connectivity index (χ0n) is 8.54. The second-order valence-electron chi connectivity index (χ2n) is 3.19. The number of nitrogens with two attached hydrogens (primary N) is 1. The lowest BCUT2D eigenvalue weighted by atomic mass is 10.2. The number of hydrogen-bond acceptors (Lipinski definition) is 2. The molecule has 0 atom stereocenters. The lowest BCUT2D eigenvalue weighted by Gasteiger charge is -1.99. The van der Waals surface area contributed by atoms with Crippen molar-refractivity contribution in [3.05, 3.63) is 29.1 Å². The van der Waals surface area contributed by atoms with Crippen LogP contribution in [0, 0.1) is 20.8 Å². The first-order chi connectivity index (χ1) is 6.16. The van der Waals surface area contributed by atoms with Gasteiger partial charge >= 0.3 is 0 Å². The van der Waals surface area contributed by atoms with E-state index in [1.807, 2.05) is 23.8 Å². The number of aryl methyl sites for hydroxylation is 1. The maximum atomic E-state index is 5.35. The molecule has 0 aliphatic carbocycles. The van der Waals surface area contributed by atoms with E-state index >= 15 is 0 Å². The lowest BCUT2D eigenvalue weighted by Crippen LogP contribution is -2.01. The number of aromatic nitrogens is 2. The molecule has 0 fully saturated rings. The number of hydrogen-bond donors (Lipinski definition) is 1. The second kappa shape index (κ2) is 4.23. The third-order valence-electron chi connectivity index (χ3n) is 2.32. The van der Waals surface area contributed by atoms with Gasteiger partial charge in [-0.15, -0.1) is 0 Å². The Hall–Kier alpha value is -1.09. The summed E-state index contributed by atoms with van der Waals surface area (Å²) in [5.74, 6) is 0. The van der Waals surface area contributed by atoms with Crippen molar-refractivity contribution in [1.82, 2.24) is 9.78 Å². The van der Waals surface area contributed by atoms with Gasteiger partial charge in [0.25, 0.3) is 0 Å². The summed E-state index contributed by atoms with van der Waals surface area (Å²) in [4.78, 5) is 0. The third kappa shape index (κ3) is 2.18. The van der Waals surface area contributed by atoms with Crippen molar-refractivity contribution in [2.45, 2.75) is 27.3 Å². The Balaban J connectivity index is 2.78. The molecule has 3 heteroatoms. The Kier molecular flexibility index (Phi) is 3.25. The maximum absolute atomic E-state index is 5.35. The molecule has 0 saturated carbocycles. The quantitative estimate of drug-likeness (QED) is 0.711. The standard InChI is InChI=1S/C10H17N3/c1-8-9(2)12-13(10(8)3)7-5-4-6-11/h4-5H,6-7,11H2,1-3H3. The predicted molar refractivity (Wildman–Crippen MR) is 54.6 cm³/mol. The van der Waals surface area contributed by atoms with Gasteiger partial charge in [-0.3, -0.25) is 4.68 Å². The monoisotopic (exact) mass is 179 g/mol. The van der Waals surface area contributed by atoms with E-state index in [0.717, 1.165) is 12.2 Å². The molecule has 0 aromatic carbocycles. The van der Waals surface area contributed by atoms with Crippen molar-refractivity contribution in [3.63, 3.8) is 0 Å². The van der Waals surface area contributed by atoms with Crippen LogP contribution < -0.4 is 5.73 Å². The first-order valence-corrected chi connectivity index (χ1v) is 4.52.